The fourth-order valence-corrected chi connectivity index (χ4v) is 3.71. The topological polar surface area (TPSA) is 62.6 Å². The normalized spacial score (nSPS) is 18.7. The zero-order valence-corrected chi connectivity index (χ0v) is 16.5. The molecule has 1 saturated heterocycles. The van der Waals surface area contributed by atoms with E-state index in [4.69, 9.17) is 9.84 Å². The molecule has 1 N–H and O–H groups in total. The maximum atomic E-state index is 12.3. The third-order valence-corrected chi connectivity index (χ3v) is 5.19. The predicted octanol–water partition coefficient (Wildman–Crippen LogP) is 1.85. The van der Waals surface area contributed by atoms with Crippen LogP contribution in [0, 0.1) is 5.92 Å². The molecule has 26 heavy (non-hydrogen) atoms. The Labute approximate surface area is 156 Å². The zero-order chi connectivity index (χ0) is 18.5. The number of hydrogen-bond donors (Lipinski definition) is 1. The molecular formula is C19H33N5O2. The average Bonchev–Trinajstić information content (AvgIpc) is 2.82. The van der Waals surface area contributed by atoms with Crippen molar-refractivity contribution in [2.75, 3.05) is 39.3 Å². The highest BCUT2D eigenvalue weighted by Gasteiger charge is 2.24. The van der Waals surface area contributed by atoms with Gasteiger partial charge in [0.05, 0.1) is 18.9 Å². The van der Waals surface area contributed by atoms with Crippen LogP contribution in [0.15, 0.2) is 0 Å². The van der Waals surface area contributed by atoms with Gasteiger partial charge in [0.1, 0.15) is 0 Å². The smallest absolute Gasteiger partial charge is 0.317 e. The molecule has 0 aliphatic carbocycles. The van der Waals surface area contributed by atoms with Gasteiger partial charge >= 0.3 is 6.03 Å². The second-order valence-corrected chi connectivity index (χ2v) is 7.69. The first-order chi connectivity index (χ1) is 12.6. The lowest BCUT2D eigenvalue weighted by Crippen LogP contribution is -2.43. The lowest BCUT2D eigenvalue weighted by Gasteiger charge is -2.23. The average molecular weight is 364 g/mol. The first-order valence-electron chi connectivity index (χ1n) is 9.98. The summed E-state index contributed by atoms with van der Waals surface area (Å²) in [7, 11) is 0. The van der Waals surface area contributed by atoms with E-state index in [2.05, 4.69) is 35.7 Å². The van der Waals surface area contributed by atoms with Gasteiger partial charge in [-0.3, -0.25) is 9.58 Å². The van der Waals surface area contributed by atoms with Crippen LogP contribution in [0.2, 0.25) is 0 Å². The summed E-state index contributed by atoms with van der Waals surface area (Å²) < 4.78 is 7.81. The Kier molecular flexibility index (Phi) is 6.53. The molecule has 0 radical (unpaired) electrons. The van der Waals surface area contributed by atoms with Gasteiger partial charge in [-0.15, -0.1) is 0 Å². The number of rotatable bonds is 5. The van der Waals surface area contributed by atoms with Crippen LogP contribution >= 0.6 is 0 Å². The molecule has 2 aliphatic heterocycles. The van der Waals surface area contributed by atoms with Crippen molar-refractivity contribution < 1.29 is 9.53 Å². The first-order valence-corrected chi connectivity index (χ1v) is 9.98. The van der Waals surface area contributed by atoms with Crippen LogP contribution in [-0.2, 0) is 30.9 Å². The number of aromatic nitrogens is 2. The number of carbonyl (C=O) groups excluding carboxylic acids is 1. The van der Waals surface area contributed by atoms with E-state index in [0.717, 1.165) is 71.0 Å². The molecule has 0 spiro atoms. The third kappa shape index (κ3) is 4.57. The summed E-state index contributed by atoms with van der Waals surface area (Å²) in [4.78, 5) is 16.7. The second kappa shape index (κ2) is 8.86. The van der Waals surface area contributed by atoms with Crippen molar-refractivity contribution >= 4 is 6.03 Å². The molecule has 146 valence electrons. The Hall–Kier alpha value is -1.60. The standard InChI is InChI=1S/C19H33N5O2/c1-4-24-18-6-11-26-14-16(18)17(21-24)13-22-7-5-8-23(10-9-22)19(25)20-12-15(2)3/h15H,4-14H2,1-3H3,(H,20,25). The summed E-state index contributed by atoms with van der Waals surface area (Å²) in [6, 6.07) is 0.0709. The molecule has 1 aromatic heterocycles. The number of fused-ring (bicyclic) bond motifs is 1. The number of urea groups is 1. The SMILES string of the molecule is CCn1nc(CN2CCCN(C(=O)NCC(C)C)CC2)c2c1CCOC2. The van der Waals surface area contributed by atoms with E-state index < -0.39 is 0 Å². The summed E-state index contributed by atoms with van der Waals surface area (Å²) in [5.41, 5.74) is 3.78. The summed E-state index contributed by atoms with van der Waals surface area (Å²) in [6.45, 7) is 13.8. The molecule has 0 saturated carbocycles. The van der Waals surface area contributed by atoms with E-state index in [1.54, 1.807) is 0 Å². The Bertz CT molecular complexity index is 613. The fourth-order valence-electron chi connectivity index (χ4n) is 3.71. The number of nitrogens with zero attached hydrogens (tertiary/aromatic N) is 4. The van der Waals surface area contributed by atoms with Gasteiger partial charge in [0.25, 0.3) is 0 Å². The molecule has 7 nitrogen and oxygen atoms in total. The van der Waals surface area contributed by atoms with Gasteiger partial charge in [-0.25, -0.2) is 4.79 Å². The van der Waals surface area contributed by atoms with E-state index in [-0.39, 0.29) is 6.03 Å². The summed E-state index contributed by atoms with van der Waals surface area (Å²) in [5.74, 6) is 0.476. The van der Waals surface area contributed by atoms with Crippen molar-refractivity contribution in [2.24, 2.45) is 5.92 Å². The van der Waals surface area contributed by atoms with E-state index in [1.807, 2.05) is 4.90 Å². The number of carbonyl (C=O) groups is 1. The monoisotopic (exact) mass is 363 g/mol. The fraction of sp³-hybridized carbons (Fsp3) is 0.789. The molecule has 1 fully saturated rings. The van der Waals surface area contributed by atoms with Crippen LogP contribution in [0.1, 0.15) is 44.1 Å². The van der Waals surface area contributed by atoms with Gasteiger partial charge < -0.3 is 15.0 Å². The van der Waals surface area contributed by atoms with Crippen molar-refractivity contribution in [3.8, 4) is 0 Å². The van der Waals surface area contributed by atoms with Crippen LogP contribution in [0.5, 0.6) is 0 Å². The van der Waals surface area contributed by atoms with Crippen LogP contribution in [0.4, 0.5) is 4.79 Å². The number of aryl methyl sites for hydroxylation is 1. The molecule has 7 heteroatoms. The van der Waals surface area contributed by atoms with Gasteiger partial charge in [-0.1, -0.05) is 13.8 Å². The minimum Gasteiger partial charge on any atom is -0.376 e. The molecule has 0 bridgehead atoms. The zero-order valence-electron chi connectivity index (χ0n) is 16.5. The lowest BCUT2D eigenvalue weighted by molar-refractivity contribution is 0.107. The lowest BCUT2D eigenvalue weighted by atomic mass is 10.1. The van der Waals surface area contributed by atoms with Crippen molar-refractivity contribution in [1.29, 1.82) is 0 Å². The van der Waals surface area contributed by atoms with E-state index in [9.17, 15) is 4.79 Å². The Morgan fingerprint density at radius 1 is 1.27 bits per heavy atom. The van der Waals surface area contributed by atoms with Crippen LogP contribution < -0.4 is 5.32 Å². The number of ether oxygens (including phenoxy) is 1. The molecule has 0 unspecified atom stereocenters. The van der Waals surface area contributed by atoms with E-state index >= 15 is 0 Å². The van der Waals surface area contributed by atoms with Crippen LogP contribution in [-0.4, -0.2) is 64.9 Å². The van der Waals surface area contributed by atoms with Crippen molar-refractivity contribution in [2.45, 2.75) is 53.3 Å². The highest BCUT2D eigenvalue weighted by molar-refractivity contribution is 5.74. The molecule has 2 aliphatic rings. The van der Waals surface area contributed by atoms with Gasteiger partial charge in [0.15, 0.2) is 0 Å². The molecule has 3 rings (SSSR count). The van der Waals surface area contributed by atoms with Crippen molar-refractivity contribution in [3.63, 3.8) is 0 Å². The van der Waals surface area contributed by atoms with Crippen molar-refractivity contribution in [1.82, 2.24) is 24.9 Å². The second-order valence-electron chi connectivity index (χ2n) is 7.69. The molecular weight excluding hydrogens is 330 g/mol. The predicted molar refractivity (Wildman–Crippen MR) is 101 cm³/mol. The first kappa shape index (κ1) is 19.2. The number of amides is 2. The summed E-state index contributed by atoms with van der Waals surface area (Å²) in [5, 5.41) is 7.87. The quantitative estimate of drug-likeness (QED) is 0.867. The van der Waals surface area contributed by atoms with E-state index in [1.165, 1.54) is 11.3 Å². The van der Waals surface area contributed by atoms with E-state index in [0.29, 0.717) is 12.5 Å². The highest BCUT2D eigenvalue weighted by atomic mass is 16.5. The molecule has 0 atom stereocenters. The molecule has 1 aromatic rings. The Morgan fingerprint density at radius 2 is 2.12 bits per heavy atom. The molecule has 2 amide bonds. The van der Waals surface area contributed by atoms with Gasteiger partial charge in [0, 0.05) is 63.5 Å². The Balaban J connectivity index is 1.58. The number of hydrogen-bond acceptors (Lipinski definition) is 4. The van der Waals surface area contributed by atoms with Gasteiger partial charge in [0.2, 0.25) is 0 Å². The minimum atomic E-state index is 0.0709. The van der Waals surface area contributed by atoms with Gasteiger partial charge in [-0.05, 0) is 19.3 Å². The maximum Gasteiger partial charge on any atom is 0.317 e. The van der Waals surface area contributed by atoms with Crippen molar-refractivity contribution in [3.05, 3.63) is 17.0 Å². The third-order valence-electron chi connectivity index (χ3n) is 5.19. The highest BCUT2D eigenvalue weighted by Crippen LogP contribution is 2.22. The van der Waals surface area contributed by atoms with Gasteiger partial charge in [-0.2, -0.15) is 5.10 Å². The van der Waals surface area contributed by atoms with Crippen LogP contribution in [0.3, 0.4) is 0 Å². The molecule has 0 aromatic carbocycles. The number of nitrogens with one attached hydrogen (secondary N) is 1. The Morgan fingerprint density at radius 3 is 2.88 bits per heavy atom. The largest absolute Gasteiger partial charge is 0.376 e. The summed E-state index contributed by atoms with van der Waals surface area (Å²) >= 11 is 0. The summed E-state index contributed by atoms with van der Waals surface area (Å²) in [6.07, 6.45) is 1.96. The minimum absolute atomic E-state index is 0.0709. The van der Waals surface area contributed by atoms with Crippen LogP contribution in [0.25, 0.3) is 0 Å². The maximum absolute atomic E-state index is 12.3. The molecule has 3 heterocycles.